The Morgan fingerprint density at radius 1 is 0.846 bits per heavy atom. The number of rotatable bonds is 10. The van der Waals surface area contributed by atoms with Gasteiger partial charge in [0.15, 0.2) is 0 Å². The molecule has 3 aromatic carbocycles. The van der Waals surface area contributed by atoms with Gasteiger partial charge in [-0.25, -0.2) is 9.59 Å². The standard InChI is InChI=1S/C34H34O5/c1-5-24-7-9-25(10-8-24)26-11-13-28(14-12-26)31-21-29(17-20-32(31)39-33(35)6-2)27-15-18-30(19-16-27)38-34(36)23(3)22-37-4/h5-6,11-21,24-25H,1-3,7-10,22H2,4H3. The fraction of sp³-hybridized carbons (Fsp3) is 0.235. The third-order valence-corrected chi connectivity index (χ3v) is 7.16. The molecule has 39 heavy (non-hydrogen) atoms. The van der Waals surface area contributed by atoms with Crippen molar-refractivity contribution >= 4 is 11.9 Å². The van der Waals surface area contributed by atoms with Gasteiger partial charge in [0.05, 0.1) is 12.2 Å². The van der Waals surface area contributed by atoms with E-state index in [0.717, 1.165) is 28.3 Å². The molecule has 0 N–H and O–H groups in total. The molecule has 4 rings (SSSR count). The molecule has 1 aliphatic rings. The summed E-state index contributed by atoms with van der Waals surface area (Å²) >= 11 is 0. The summed E-state index contributed by atoms with van der Waals surface area (Å²) < 4.78 is 15.9. The zero-order valence-electron chi connectivity index (χ0n) is 22.4. The molecule has 0 unspecified atom stereocenters. The molecule has 1 saturated carbocycles. The van der Waals surface area contributed by atoms with E-state index in [9.17, 15) is 9.59 Å². The van der Waals surface area contributed by atoms with E-state index in [2.05, 4.69) is 50.1 Å². The van der Waals surface area contributed by atoms with Crippen molar-refractivity contribution in [3.63, 3.8) is 0 Å². The van der Waals surface area contributed by atoms with Gasteiger partial charge in [-0.2, -0.15) is 0 Å². The van der Waals surface area contributed by atoms with Gasteiger partial charge in [0.2, 0.25) is 0 Å². The number of hydrogen-bond acceptors (Lipinski definition) is 5. The lowest BCUT2D eigenvalue weighted by Gasteiger charge is -2.27. The molecule has 0 heterocycles. The van der Waals surface area contributed by atoms with Crippen LogP contribution in [0.25, 0.3) is 22.3 Å². The van der Waals surface area contributed by atoms with E-state index < -0.39 is 11.9 Å². The topological polar surface area (TPSA) is 61.8 Å². The summed E-state index contributed by atoms with van der Waals surface area (Å²) in [7, 11) is 1.49. The third-order valence-electron chi connectivity index (χ3n) is 7.16. The highest BCUT2D eigenvalue weighted by Crippen LogP contribution is 2.39. The Kier molecular flexibility index (Phi) is 9.29. The highest BCUT2D eigenvalue weighted by molar-refractivity contribution is 5.90. The number of carbonyl (C=O) groups is 2. The van der Waals surface area contributed by atoms with Crippen LogP contribution in [0.15, 0.2) is 104 Å². The Morgan fingerprint density at radius 3 is 2.10 bits per heavy atom. The number of esters is 2. The molecule has 0 saturated heterocycles. The first-order valence-corrected chi connectivity index (χ1v) is 13.1. The Balaban J connectivity index is 1.58. The second-order valence-electron chi connectivity index (χ2n) is 9.76. The smallest absolute Gasteiger partial charge is 0.341 e. The molecule has 0 aromatic heterocycles. The normalized spacial score (nSPS) is 16.6. The molecular weight excluding hydrogens is 488 g/mol. The van der Waals surface area contributed by atoms with E-state index in [1.165, 1.54) is 38.4 Å². The molecule has 0 aliphatic heterocycles. The second kappa shape index (κ2) is 13.0. The van der Waals surface area contributed by atoms with Crippen molar-refractivity contribution < 1.29 is 23.8 Å². The maximum absolute atomic E-state index is 12.1. The maximum Gasteiger partial charge on any atom is 0.341 e. The summed E-state index contributed by atoms with van der Waals surface area (Å²) in [5.41, 5.74) is 5.18. The number of methoxy groups -OCH3 is 1. The van der Waals surface area contributed by atoms with Crippen molar-refractivity contribution in [2.45, 2.75) is 31.6 Å². The first-order chi connectivity index (χ1) is 18.9. The predicted octanol–water partition coefficient (Wildman–Crippen LogP) is 7.68. The molecule has 0 bridgehead atoms. The minimum atomic E-state index is -0.530. The van der Waals surface area contributed by atoms with E-state index in [4.69, 9.17) is 14.2 Å². The van der Waals surface area contributed by atoms with Crippen molar-refractivity contribution in [1.82, 2.24) is 0 Å². The first kappa shape index (κ1) is 27.8. The van der Waals surface area contributed by atoms with E-state index in [-0.39, 0.29) is 12.2 Å². The Bertz CT molecular complexity index is 1340. The fourth-order valence-corrected chi connectivity index (χ4v) is 4.93. The van der Waals surface area contributed by atoms with Crippen LogP contribution in [0.2, 0.25) is 0 Å². The van der Waals surface area contributed by atoms with Crippen LogP contribution >= 0.6 is 0 Å². The Hall–Kier alpha value is -4.22. The van der Waals surface area contributed by atoms with Gasteiger partial charge >= 0.3 is 11.9 Å². The van der Waals surface area contributed by atoms with Crippen LogP contribution in [0.1, 0.15) is 37.2 Å². The lowest BCUT2D eigenvalue weighted by molar-refractivity contribution is -0.131. The number of allylic oxidation sites excluding steroid dienone is 1. The maximum atomic E-state index is 12.1. The molecule has 200 valence electrons. The number of hydrogen-bond donors (Lipinski definition) is 0. The van der Waals surface area contributed by atoms with Crippen LogP contribution in [0, 0.1) is 5.92 Å². The van der Waals surface area contributed by atoms with Gasteiger partial charge in [-0.15, -0.1) is 6.58 Å². The van der Waals surface area contributed by atoms with Crippen LogP contribution in [0.4, 0.5) is 0 Å². The molecule has 1 aliphatic carbocycles. The molecular formula is C34H34O5. The fourth-order valence-electron chi connectivity index (χ4n) is 4.93. The minimum Gasteiger partial charge on any atom is -0.423 e. The van der Waals surface area contributed by atoms with Crippen molar-refractivity contribution in [2.75, 3.05) is 13.7 Å². The molecule has 5 heteroatoms. The lowest BCUT2D eigenvalue weighted by atomic mass is 9.78. The summed E-state index contributed by atoms with van der Waals surface area (Å²) in [4.78, 5) is 24.2. The summed E-state index contributed by atoms with van der Waals surface area (Å²) in [6.07, 6.45) is 7.93. The molecule has 0 radical (unpaired) electrons. The van der Waals surface area contributed by atoms with Crippen LogP contribution < -0.4 is 9.47 Å². The van der Waals surface area contributed by atoms with Crippen molar-refractivity contribution in [1.29, 1.82) is 0 Å². The summed E-state index contributed by atoms with van der Waals surface area (Å²) in [5.74, 6) is 1.01. The molecule has 5 nitrogen and oxygen atoms in total. The first-order valence-electron chi connectivity index (χ1n) is 13.1. The zero-order chi connectivity index (χ0) is 27.8. The van der Waals surface area contributed by atoms with E-state index >= 15 is 0 Å². The summed E-state index contributed by atoms with van der Waals surface area (Å²) in [5, 5.41) is 0. The van der Waals surface area contributed by atoms with E-state index in [1.807, 2.05) is 24.3 Å². The summed E-state index contributed by atoms with van der Waals surface area (Å²) in [6, 6.07) is 21.4. The Labute approximate surface area is 230 Å². The molecule has 0 amide bonds. The Morgan fingerprint density at radius 2 is 1.49 bits per heavy atom. The van der Waals surface area contributed by atoms with Crippen molar-refractivity contribution in [3.05, 3.63) is 110 Å². The quantitative estimate of drug-likeness (QED) is 0.118. The van der Waals surface area contributed by atoms with Crippen LogP contribution in [-0.2, 0) is 14.3 Å². The van der Waals surface area contributed by atoms with Gasteiger partial charge in [0, 0.05) is 18.7 Å². The number of benzene rings is 3. The largest absolute Gasteiger partial charge is 0.423 e. The zero-order valence-corrected chi connectivity index (χ0v) is 22.4. The van der Waals surface area contributed by atoms with Gasteiger partial charge in [-0.1, -0.05) is 61.7 Å². The highest BCUT2D eigenvalue weighted by Gasteiger charge is 2.21. The van der Waals surface area contributed by atoms with E-state index in [1.54, 1.807) is 18.2 Å². The SMILES string of the molecule is C=CC(=O)Oc1ccc(-c2ccc(OC(=O)C(=C)COC)cc2)cc1-c1ccc(C2CCC(C=C)CC2)cc1. The van der Waals surface area contributed by atoms with Crippen LogP contribution in [0.5, 0.6) is 11.5 Å². The number of carbonyl (C=O) groups excluding carboxylic acids is 2. The van der Waals surface area contributed by atoms with Gasteiger partial charge in [0.25, 0.3) is 0 Å². The molecule has 1 fully saturated rings. The van der Waals surface area contributed by atoms with Crippen molar-refractivity contribution in [3.8, 4) is 33.8 Å². The monoisotopic (exact) mass is 522 g/mol. The molecule has 0 spiro atoms. The van der Waals surface area contributed by atoms with Crippen LogP contribution in [-0.4, -0.2) is 25.7 Å². The lowest BCUT2D eigenvalue weighted by Crippen LogP contribution is -2.13. The predicted molar refractivity (Wildman–Crippen MR) is 155 cm³/mol. The van der Waals surface area contributed by atoms with Gasteiger partial charge in [0.1, 0.15) is 11.5 Å². The van der Waals surface area contributed by atoms with E-state index in [0.29, 0.717) is 23.3 Å². The minimum absolute atomic E-state index is 0.111. The van der Waals surface area contributed by atoms with Crippen molar-refractivity contribution in [2.24, 2.45) is 5.92 Å². The van der Waals surface area contributed by atoms with Crippen LogP contribution in [0.3, 0.4) is 0 Å². The second-order valence-corrected chi connectivity index (χ2v) is 9.76. The van der Waals surface area contributed by atoms with Gasteiger partial charge in [-0.3, -0.25) is 0 Å². The van der Waals surface area contributed by atoms with Gasteiger partial charge < -0.3 is 14.2 Å². The average molecular weight is 523 g/mol. The van der Waals surface area contributed by atoms with Gasteiger partial charge in [-0.05, 0) is 84.0 Å². The third kappa shape index (κ3) is 7.01. The highest BCUT2D eigenvalue weighted by atomic mass is 16.5. The summed E-state index contributed by atoms with van der Waals surface area (Å²) in [6.45, 7) is 11.3. The number of ether oxygens (including phenoxy) is 3. The molecule has 0 atom stereocenters. The molecule has 3 aromatic rings. The average Bonchev–Trinajstić information content (AvgIpc) is 2.98.